The number of nitrogens with one attached hydrogen (secondary N) is 1. The molecular weight excluding hydrogens is 320 g/mol. The Hall–Kier alpha value is -1.34. The molecule has 0 unspecified atom stereocenters. The van der Waals surface area contributed by atoms with Gasteiger partial charge in [-0.3, -0.25) is 13.8 Å². The van der Waals surface area contributed by atoms with Gasteiger partial charge in [0.1, 0.15) is 6.04 Å². The van der Waals surface area contributed by atoms with Gasteiger partial charge >= 0.3 is 0 Å². The van der Waals surface area contributed by atoms with Crippen LogP contribution in [-0.4, -0.2) is 43.8 Å². The summed E-state index contributed by atoms with van der Waals surface area (Å²) in [4.78, 5) is 26.8. The number of carbonyl (C=O) groups excluding carboxylic acids is 2. The van der Waals surface area contributed by atoms with E-state index in [1.54, 1.807) is 47.2 Å². The highest BCUT2D eigenvalue weighted by Gasteiger charge is 2.52. The highest BCUT2D eigenvalue weighted by molar-refractivity contribution is 8.01. The van der Waals surface area contributed by atoms with Gasteiger partial charge in [-0.15, -0.1) is 11.8 Å². The molecule has 0 aliphatic carbocycles. The summed E-state index contributed by atoms with van der Waals surface area (Å²) >= 11 is 1.68. The SMILES string of the molecule is C[S@](=O)c1ccc(NC(=O)[C@@H]2CS[C@@]3(C)CCC(=O)N23)cc1. The van der Waals surface area contributed by atoms with E-state index in [0.29, 0.717) is 17.9 Å². The predicted octanol–water partition coefficient (Wildman–Crippen LogP) is 1.82. The van der Waals surface area contributed by atoms with Crippen LogP contribution in [0.25, 0.3) is 0 Å². The Balaban J connectivity index is 1.72. The third kappa shape index (κ3) is 2.67. The summed E-state index contributed by atoms with van der Waals surface area (Å²) in [6.07, 6.45) is 2.94. The average molecular weight is 338 g/mol. The third-order valence-corrected chi connectivity index (χ3v) is 6.64. The van der Waals surface area contributed by atoms with E-state index in [4.69, 9.17) is 0 Å². The van der Waals surface area contributed by atoms with Crippen LogP contribution in [0.5, 0.6) is 0 Å². The van der Waals surface area contributed by atoms with Crippen molar-refractivity contribution in [3.63, 3.8) is 0 Å². The molecule has 2 aliphatic heterocycles. The van der Waals surface area contributed by atoms with Crippen LogP contribution in [0, 0.1) is 0 Å². The average Bonchev–Trinajstić information content (AvgIpc) is 2.97. The van der Waals surface area contributed by atoms with E-state index in [1.165, 1.54) is 0 Å². The zero-order valence-electron chi connectivity index (χ0n) is 12.5. The Morgan fingerprint density at radius 3 is 2.73 bits per heavy atom. The molecule has 1 aromatic carbocycles. The second kappa shape index (κ2) is 5.70. The smallest absolute Gasteiger partial charge is 0.248 e. The Morgan fingerprint density at radius 2 is 2.09 bits per heavy atom. The van der Waals surface area contributed by atoms with Gasteiger partial charge in [0.25, 0.3) is 0 Å². The van der Waals surface area contributed by atoms with Crippen molar-refractivity contribution >= 4 is 40.1 Å². The molecule has 3 atom stereocenters. The fourth-order valence-electron chi connectivity index (χ4n) is 2.97. The summed E-state index contributed by atoms with van der Waals surface area (Å²) in [6, 6.07) is 6.54. The number of hydrogen-bond acceptors (Lipinski definition) is 4. The first-order valence-corrected chi connectivity index (χ1v) is 9.65. The van der Waals surface area contributed by atoms with Gasteiger partial charge < -0.3 is 10.2 Å². The molecule has 0 radical (unpaired) electrons. The van der Waals surface area contributed by atoms with Gasteiger partial charge in [0.05, 0.1) is 4.87 Å². The van der Waals surface area contributed by atoms with Crippen LogP contribution in [-0.2, 0) is 20.4 Å². The summed E-state index contributed by atoms with van der Waals surface area (Å²) in [5, 5.41) is 2.86. The lowest BCUT2D eigenvalue weighted by atomic mass is 10.2. The number of nitrogens with zero attached hydrogens (tertiary/aromatic N) is 1. The van der Waals surface area contributed by atoms with E-state index in [2.05, 4.69) is 5.32 Å². The highest BCUT2D eigenvalue weighted by atomic mass is 32.2. The molecule has 2 fully saturated rings. The van der Waals surface area contributed by atoms with Gasteiger partial charge in [-0.2, -0.15) is 0 Å². The van der Waals surface area contributed by atoms with Crippen molar-refractivity contribution in [1.29, 1.82) is 0 Å². The molecule has 2 heterocycles. The Bertz CT molecular complexity index is 647. The molecule has 22 heavy (non-hydrogen) atoms. The fraction of sp³-hybridized carbons (Fsp3) is 0.467. The quantitative estimate of drug-likeness (QED) is 0.913. The first-order chi connectivity index (χ1) is 10.4. The molecule has 2 aliphatic rings. The number of anilines is 1. The van der Waals surface area contributed by atoms with Crippen molar-refractivity contribution in [2.24, 2.45) is 0 Å². The van der Waals surface area contributed by atoms with E-state index in [-0.39, 0.29) is 16.7 Å². The Morgan fingerprint density at radius 1 is 1.41 bits per heavy atom. The minimum absolute atomic E-state index is 0.0596. The number of rotatable bonds is 3. The maximum Gasteiger partial charge on any atom is 0.248 e. The van der Waals surface area contributed by atoms with Crippen molar-refractivity contribution in [3.8, 4) is 0 Å². The lowest BCUT2D eigenvalue weighted by Crippen LogP contribution is -2.48. The molecule has 0 spiro atoms. The second-order valence-corrected chi connectivity index (χ2v) is 8.61. The third-order valence-electron chi connectivity index (χ3n) is 4.20. The van der Waals surface area contributed by atoms with E-state index in [9.17, 15) is 13.8 Å². The summed E-state index contributed by atoms with van der Waals surface area (Å²) in [5.41, 5.74) is 0.657. The topological polar surface area (TPSA) is 66.5 Å². The highest BCUT2D eigenvalue weighted by Crippen LogP contribution is 2.47. The van der Waals surface area contributed by atoms with E-state index in [0.717, 1.165) is 11.3 Å². The lowest BCUT2D eigenvalue weighted by Gasteiger charge is -2.29. The molecule has 2 saturated heterocycles. The number of amides is 2. The molecule has 0 aromatic heterocycles. The van der Waals surface area contributed by atoms with E-state index >= 15 is 0 Å². The summed E-state index contributed by atoms with van der Waals surface area (Å²) in [5.74, 6) is 0.534. The molecule has 118 valence electrons. The zero-order chi connectivity index (χ0) is 15.9. The summed E-state index contributed by atoms with van der Waals surface area (Å²) in [7, 11) is -1.03. The predicted molar refractivity (Wildman–Crippen MR) is 88.1 cm³/mol. The first-order valence-electron chi connectivity index (χ1n) is 7.11. The molecule has 5 nitrogen and oxygen atoms in total. The van der Waals surface area contributed by atoms with Crippen molar-refractivity contribution in [2.45, 2.75) is 35.6 Å². The van der Waals surface area contributed by atoms with Crippen LogP contribution < -0.4 is 5.32 Å². The van der Waals surface area contributed by atoms with Crippen molar-refractivity contribution in [3.05, 3.63) is 24.3 Å². The standard InChI is InChI=1S/C15H18N2O3S2/c1-15-8-7-13(18)17(15)12(9-21-15)14(19)16-10-3-5-11(6-4-10)22(2)20/h3-6,12H,7-9H2,1-2H3,(H,16,19)/t12-,15-,22-/m0/s1. The monoisotopic (exact) mass is 338 g/mol. The molecule has 0 bridgehead atoms. The Labute approximate surface area is 136 Å². The normalized spacial score (nSPS) is 28.5. The number of benzene rings is 1. The molecule has 1 N–H and O–H groups in total. The minimum Gasteiger partial charge on any atom is -0.324 e. The van der Waals surface area contributed by atoms with Gasteiger partial charge in [-0.05, 0) is 37.6 Å². The number of fused-ring (bicyclic) bond motifs is 1. The van der Waals surface area contributed by atoms with E-state index in [1.807, 2.05) is 6.92 Å². The lowest BCUT2D eigenvalue weighted by molar-refractivity contribution is -0.135. The maximum atomic E-state index is 12.5. The number of hydrogen-bond donors (Lipinski definition) is 1. The van der Waals surface area contributed by atoms with Gasteiger partial charge in [-0.1, -0.05) is 0 Å². The summed E-state index contributed by atoms with van der Waals surface area (Å²) < 4.78 is 11.4. The van der Waals surface area contributed by atoms with Crippen molar-refractivity contribution in [2.75, 3.05) is 17.3 Å². The van der Waals surface area contributed by atoms with Crippen LogP contribution in [0.1, 0.15) is 19.8 Å². The first kappa shape index (κ1) is 15.6. The molecule has 3 rings (SSSR count). The van der Waals surface area contributed by atoms with Crippen LogP contribution in [0.4, 0.5) is 5.69 Å². The maximum absolute atomic E-state index is 12.5. The minimum atomic E-state index is -1.03. The largest absolute Gasteiger partial charge is 0.324 e. The van der Waals surface area contributed by atoms with Gasteiger partial charge in [0, 0.05) is 39.8 Å². The fourth-order valence-corrected chi connectivity index (χ4v) is 4.92. The van der Waals surface area contributed by atoms with Crippen LogP contribution in [0.2, 0.25) is 0 Å². The molecule has 7 heteroatoms. The number of carbonyl (C=O) groups is 2. The molecule has 1 aromatic rings. The van der Waals surface area contributed by atoms with Crippen molar-refractivity contribution in [1.82, 2.24) is 4.90 Å². The van der Waals surface area contributed by atoms with E-state index < -0.39 is 16.8 Å². The second-order valence-electron chi connectivity index (χ2n) is 5.73. The van der Waals surface area contributed by atoms with Crippen LogP contribution in [0.3, 0.4) is 0 Å². The van der Waals surface area contributed by atoms with Crippen molar-refractivity contribution < 1.29 is 13.8 Å². The zero-order valence-corrected chi connectivity index (χ0v) is 14.1. The number of thioether (sulfide) groups is 1. The van der Waals surface area contributed by atoms with Gasteiger partial charge in [0.15, 0.2) is 0 Å². The van der Waals surface area contributed by atoms with Crippen LogP contribution >= 0.6 is 11.8 Å². The molecular formula is C15H18N2O3S2. The van der Waals surface area contributed by atoms with Gasteiger partial charge in [0.2, 0.25) is 11.8 Å². The molecule has 2 amide bonds. The Kier molecular flexibility index (Phi) is 4.03. The molecule has 0 saturated carbocycles. The van der Waals surface area contributed by atoms with Gasteiger partial charge in [-0.25, -0.2) is 0 Å². The summed E-state index contributed by atoms with van der Waals surface area (Å²) in [6.45, 7) is 2.03. The van der Waals surface area contributed by atoms with Crippen LogP contribution in [0.15, 0.2) is 29.2 Å².